The number of hydrogen-bond acceptors (Lipinski definition) is 5. The van der Waals surface area contributed by atoms with Crippen LogP contribution in [0.15, 0.2) is 70.5 Å². The monoisotopic (exact) mass is 544 g/mol. The molecule has 0 saturated carbocycles. The molecule has 2 aliphatic heterocycles. The SMILES string of the molecule is CCN1CCN(CCNC(=O)c2ccc3c(c2)N(Cc2cc(C)ccc2C)C(=O)c2ccccc2S3=O)CC1. The summed E-state index contributed by atoms with van der Waals surface area (Å²) in [5.74, 6) is -0.418. The second kappa shape index (κ2) is 11.8. The Labute approximate surface area is 233 Å². The molecular weight excluding hydrogens is 508 g/mol. The van der Waals surface area contributed by atoms with Crippen molar-refractivity contribution in [3.8, 4) is 0 Å². The molecule has 3 aromatic rings. The molecule has 204 valence electrons. The van der Waals surface area contributed by atoms with Crippen LogP contribution in [0.3, 0.4) is 0 Å². The molecule has 1 N–H and O–H groups in total. The van der Waals surface area contributed by atoms with Crippen molar-refractivity contribution in [2.75, 3.05) is 50.7 Å². The Morgan fingerprint density at radius 2 is 1.67 bits per heavy atom. The van der Waals surface area contributed by atoms with Crippen LogP contribution in [0.2, 0.25) is 0 Å². The highest BCUT2D eigenvalue weighted by Crippen LogP contribution is 2.36. The summed E-state index contributed by atoms with van der Waals surface area (Å²) in [4.78, 5) is 34.6. The summed E-state index contributed by atoms with van der Waals surface area (Å²) in [6.45, 7) is 13.1. The predicted octanol–water partition coefficient (Wildman–Crippen LogP) is 4.00. The van der Waals surface area contributed by atoms with Crippen LogP contribution in [0.1, 0.15) is 44.3 Å². The van der Waals surface area contributed by atoms with Gasteiger partial charge in [-0.15, -0.1) is 0 Å². The van der Waals surface area contributed by atoms with Crippen molar-refractivity contribution in [2.24, 2.45) is 0 Å². The number of carbonyl (C=O) groups is 2. The van der Waals surface area contributed by atoms with Gasteiger partial charge in [-0.05, 0) is 61.9 Å². The minimum atomic E-state index is -1.56. The van der Waals surface area contributed by atoms with Crippen molar-refractivity contribution in [3.63, 3.8) is 0 Å². The summed E-state index contributed by atoms with van der Waals surface area (Å²) in [5.41, 5.74) is 4.57. The molecule has 1 unspecified atom stereocenters. The molecular formula is C31H36N4O3S. The maximum absolute atomic E-state index is 13.9. The lowest BCUT2D eigenvalue weighted by Gasteiger charge is -2.33. The quantitative estimate of drug-likeness (QED) is 0.487. The Balaban J connectivity index is 1.42. The van der Waals surface area contributed by atoms with Gasteiger partial charge in [-0.25, -0.2) is 4.21 Å². The fourth-order valence-electron chi connectivity index (χ4n) is 5.26. The third-order valence-corrected chi connectivity index (χ3v) is 9.23. The third kappa shape index (κ3) is 5.83. The van der Waals surface area contributed by atoms with Gasteiger partial charge < -0.3 is 15.1 Å². The third-order valence-electron chi connectivity index (χ3n) is 7.73. The first-order chi connectivity index (χ1) is 18.9. The van der Waals surface area contributed by atoms with E-state index >= 15 is 0 Å². The van der Waals surface area contributed by atoms with Crippen LogP contribution in [0, 0.1) is 13.8 Å². The average molecular weight is 545 g/mol. The Morgan fingerprint density at radius 1 is 0.923 bits per heavy atom. The predicted molar refractivity (Wildman–Crippen MR) is 155 cm³/mol. The highest BCUT2D eigenvalue weighted by molar-refractivity contribution is 7.85. The Kier molecular flexibility index (Phi) is 8.26. The van der Waals surface area contributed by atoms with Gasteiger partial charge in [-0.3, -0.25) is 14.5 Å². The molecule has 7 nitrogen and oxygen atoms in total. The summed E-state index contributed by atoms with van der Waals surface area (Å²) in [6.07, 6.45) is 0. The molecule has 0 spiro atoms. The van der Waals surface area contributed by atoms with Gasteiger partial charge in [0, 0.05) is 44.8 Å². The van der Waals surface area contributed by atoms with E-state index in [1.54, 1.807) is 47.4 Å². The topological polar surface area (TPSA) is 73.0 Å². The van der Waals surface area contributed by atoms with Crippen molar-refractivity contribution in [2.45, 2.75) is 37.1 Å². The van der Waals surface area contributed by atoms with E-state index in [2.05, 4.69) is 28.1 Å². The second-order valence-corrected chi connectivity index (χ2v) is 11.7. The molecule has 1 atom stereocenters. The summed E-state index contributed by atoms with van der Waals surface area (Å²) >= 11 is 0. The van der Waals surface area contributed by atoms with Crippen molar-refractivity contribution in [1.29, 1.82) is 0 Å². The molecule has 3 aromatic carbocycles. The van der Waals surface area contributed by atoms with Crippen LogP contribution < -0.4 is 10.2 Å². The average Bonchev–Trinajstić information content (AvgIpc) is 3.04. The number of nitrogens with zero attached hydrogens (tertiary/aromatic N) is 3. The first-order valence-corrected chi connectivity index (χ1v) is 14.8. The zero-order valence-electron chi connectivity index (χ0n) is 22.9. The highest BCUT2D eigenvalue weighted by atomic mass is 32.2. The maximum Gasteiger partial charge on any atom is 0.259 e. The van der Waals surface area contributed by atoms with Crippen LogP contribution in [0.25, 0.3) is 0 Å². The molecule has 1 fully saturated rings. The zero-order chi connectivity index (χ0) is 27.5. The lowest BCUT2D eigenvalue weighted by molar-refractivity contribution is 0.0935. The van der Waals surface area contributed by atoms with E-state index in [4.69, 9.17) is 0 Å². The smallest absolute Gasteiger partial charge is 0.259 e. The molecule has 0 bridgehead atoms. The number of nitrogens with one attached hydrogen (secondary N) is 1. The van der Waals surface area contributed by atoms with Crippen LogP contribution in [0.4, 0.5) is 5.69 Å². The standard InChI is InChI=1S/C31H36N4O3S/c1-4-33-15-17-34(18-16-33)14-13-32-30(36)24-11-12-29-27(20-24)35(21-25-19-22(2)9-10-23(25)3)31(37)26-7-5-6-8-28(26)39(29)38/h5-12,19-20H,4,13-18,21H2,1-3H3,(H,32,36). The highest BCUT2D eigenvalue weighted by Gasteiger charge is 2.32. The second-order valence-electron chi connectivity index (χ2n) is 10.3. The molecule has 2 amide bonds. The van der Waals surface area contributed by atoms with Gasteiger partial charge in [0.25, 0.3) is 11.8 Å². The van der Waals surface area contributed by atoms with E-state index in [0.29, 0.717) is 39.7 Å². The number of aryl methyl sites for hydroxylation is 2. The zero-order valence-corrected chi connectivity index (χ0v) is 23.7. The van der Waals surface area contributed by atoms with Gasteiger partial charge in [0.2, 0.25) is 0 Å². The van der Waals surface area contributed by atoms with Crippen molar-refractivity contribution >= 4 is 28.3 Å². The molecule has 39 heavy (non-hydrogen) atoms. The summed E-state index contributed by atoms with van der Waals surface area (Å²) in [6, 6.07) is 18.4. The fraction of sp³-hybridized carbons (Fsp3) is 0.355. The van der Waals surface area contributed by atoms with Gasteiger partial charge in [-0.1, -0.05) is 42.8 Å². The number of benzene rings is 3. The molecule has 1 saturated heterocycles. The van der Waals surface area contributed by atoms with Crippen LogP contribution in [-0.4, -0.2) is 71.6 Å². The lowest BCUT2D eigenvalue weighted by atomic mass is 10.0. The molecule has 0 aliphatic carbocycles. The Hall–Kier alpha value is -3.33. The number of anilines is 1. The van der Waals surface area contributed by atoms with Crippen molar-refractivity contribution in [1.82, 2.24) is 15.1 Å². The molecule has 0 radical (unpaired) electrons. The van der Waals surface area contributed by atoms with E-state index in [9.17, 15) is 13.8 Å². The normalized spacial score (nSPS) is 17.9. The number of rotatable bonds is 7. The first kappa shape index (κ1) is 27.2. The Bertz CT molecular complexity index is 1410. The molecule has 0 aromatic heterocycles. The van der Waals surface area contributed by atoms with Gasteiger partial charge in [-0.2, -0.15) is 0 Å². The van der Waals surface area contributed by atoms with E-state index in [0.717, 1.165) is 56.0 Å². The number of piperazine rings is 1. The van der Waals surface area contributed by atoms with Gasteiger partial charge in [0.1, 0.15) is 0 Å². The summed E-state index contributed by atoms with van der Waals surface area (Å²) in [7, 11) is -1.56. The molecule has 2 aliphatic rings. The largest absolute Gasteiger partial charge is 0.351 e. The van der Waals surface area contributed by atoms with E-state index in [-0.39, 0.29) is 11.8 Å². The van der Waals surface area contributed by atoms with Crippen LogP contribution in [0.5, 0.6) is 0 Å². The number of amides is 2. The van der Waals surface area contributed by atoms with Gasteiger partial charge in [0.05, 0.1) is 38.4 Å². The molecule has 8 heteroatoms. The number of hydrogen-bond donors (Lipinski definition) is 1. The van der Waals surface area contributed by atoms with Crippen LogP contribution >= 0.6 is 0 Å². The minimum Gasteiger partial charge on any atom is -0.351 e. The molecule has 5 rings (SSSR count). The fourth-order valence-corrected chi connectivity index (χ4v) is 6.61. The van der Waals surface area contributed by atoms with Gasteiger partial charge >= 0.3 is 0 Å². The summed E-state index contributed by atoms with van der Waals surface area (Å²) in [5, 5.41) is 3.04. The maximum atomic E-state index is 13.9. The first-order valence-electron chi connectivity index (χ1n) is 13.6. The van der Waals surface area contributed by atoms with Crippen LogP contribution in [-0.2, 0) is 17.3 Å². The van der Waals surface area contributed by atoms with E-state index < -0.39 is 10.8 Å². The number of fused-ring (bicyclic) bond motifs is 2. The number of likely N-dealkylation sites (N-methyl/N-ethyl adjacent to an activating group) is 1. The van der Waals surface area contributed by atoms with Crippen molar-refractivity contribution in [3.05, 3.63) is 88.5 Å². The minimum absolute atomic E-state index is 0.198. The van der Waals surface area contributed by atoms with E-state index in [1.807, 2.05) is 26.0 Å². The Morgan fingerprint density at radius 3 is 2.44 bits per heavy atom. The number of carbonyl (C=O) groups excluding carboxylic acids is 2. The lowest BCUT2D eigenvalue weighted by Crippen LogP contribution is -2.48. The summed E-state index contributed by atoms with van der Waals surface area (Å²) < 4.78 is 13.7. The van der Waals surface area contributed by atoms with Gasteiger partial charge in [0.15, 0.2) is 0 Å². The molecule has 2 heterocycles. The van der Waals surface area contributed by atoms with Crippen molar-refractivity contribution < 1.29 is 13.8 Å². The van der Waals surface area contributed by atoms with E-state index in [1.165, 1.54) is 0 Å².